The molecule has 0 aromatic carbocycles. The van der Waals surface area contributed by atoms with Gasteiger partial charge in [0.1, 0.15) is 6.79 Å². The minimum Gasteiger partial charge on any atom is -0.356 e. The molecule has 0 aliphatic carbocycles. The fourth-order valence-electron chi connectivity index (χ4n) is 0.295. The minimum atomic E-state index is -0.170. The van der Waals surface area contributed by atoms with Crippen LogP contribution in [0.15, 0.2) is 0 Å². The van der Waals surface area contributed by atoms with Gasteiger partial charge < -0.3 is 14.2 Å². The van der Waals surface area contributed by atoms with E-state index in [0.717, 1.165) is 0 Å². The molecule has 0 saturated carbocycles. The lowest BCUT2D eigenvalue weighted by Crippen LogP contribution is -2.12. The number of rotatable bonds is 5. The molecule has 0 fully saturated rings. The van der Waals surface area contributed by atoms with E-state index in [-0.39, 0.29) is 58.3 Å². The molecule has 0 aliphatic heterocycles. The summed E-state index contributed by atoms with van der Waals surface area (Å²) in [6.07, 6.45) is -0.170. The second-order valence-corrected chi connectivity index (χ2v) is 1.58. The lowest BCUT2D eigenvalue weighted by atomic mass is 10.8. The fourth-order valence-corrected chi connectivity index (χ4v) is 0.295. The third-order valence-electron chi connectivity index (χ3n) is 0.922. The van der Waals surface area contributed by atoms with Crippen molar-refractivity contribution in [1.29, 1.82) is 0 Å². The lowest BCUT2D eigenvalue weighted by Gasteiger charge is -2.09. The zero-order valence-electron chi connectivity index (χ0n) is 6.22. The molecule has 0 saturated heterocycles. The molecule has 0 aromatic heterocycles. The van der Waals surface area contributed by atoms with Crippen LogP contribution in [-0.2, 0) is 14.2 Å². The molecule has 0 aromatic rings. The van der Waals surface area contributed by atoms with Gasteiger partial charge in [0.15, 0.2) is 6.29 Å². The van der Waals surface area contributed by atoms with Crippen LogP contribution < -0.4 is 0 Å². The summed E-state index contributed by atoms with van der Waals surface area (Å²) in [6, 6.07) is 0. The Bertz CT molecular complexity index is 59.1. The van der Waals surface area contributed by atoms with E-state index < -0.39 is 0 Å². The van der Waals surface area contributed by atoms with E-state index >= 15 is 0 Å². The Hall–Kier alpha value is -0.120. The van der Waals surface area contributed by atoms with Gasteiger partial charge >= 0.3 is 0 Å². The molecular weight excluding hydrogens is 204 g/mol. The first kappa shape index (κ1) is 56.6. The number of methoxy groups -OCH3 is 1. The molecule has 0 heterocycles. The largest absolute Gasteiger partial charge is 0.356 e. The van der Waals surface area contributed by atoms with Crippen LogP contribution in [0.1, 0.15) is 65.8 Å². The SMILES string of the molecule is C.C.C.C.C.C.C.CCOCOC(C)OC. The summed E-state index contributed by atoms with van der Waals surface area (Å²) >= 11 is 0. The minimum absolute atomic E-state index is 0. The molecule has 0 bridgehead atoms. The Morgan fingerprint density at radius 3 is 1.50 bits per heavy atom. The van der Waals surface area contributed by atoms with Crippen LogP contribution in [0, 0.1) is 0 Å². The van der Waals surface area contributed by atoms with E-state index in [1.54, 1.807) is 7.11 Å². The van der Waals surface area contributed by atoms with Crippen LogP contribution in [-0.4, -0.2) is 26.8 Å². The number of hydrogen-bond acceptors (Lipinski definition) is 3. The van der Waals surface area contributed by atoms with Gasteiger partial charge in [-0.2, -0.15) is 0 Å². The fraction of sp³-hybridized carbons (Fsp3) is 1.00. The van der Waals surface area contributed by atoms with Crippen LogP contribution in [0.5, 0.6) is 0 Å². The van der Waals surface area contributed by atoms with Gasteiger partial charge in [-0.05, 0) is 13.8 Å². The standard InChI is InChI=1S/C6H14O3.7CH4/c1-4-8-5-9-6(2)7-3;;;;;;;/h6H,4-5H2,1-3H3;7*1H4. The average Bonchev–Trinajstić information content (AvgIpc) is 1.89. The summed E-state index contributed by atoms with van der Waals surface area (Å²) in [4.78, 5) is 0. The molecule has 0 radical (unpaired) electrons. The average molecular weight is 246 g/mol. The van der Waals surface area contributed by atoms with Crippen molar-refractivity contribution in [3.8, 4) is 0 Å². The van der Waals surface area contributed by atoms with Crippen molar-refractivity contribution in [2.75, 3.05) is 20.5 Å². The third-order valence-corrected chi connectivity index (χ3v) is 0.922. The lowest BCUT2D eigenvalue weighted by molar-refractivity contribution is -0.172. The molecule has 0 N–H and O–H groups in total. The summed E-state index contributed by atoms with van der Waals surface area (Å²) in [5.74, 6) is 0. The van der Waals surface area contributed by atoms with Crippen molar-refractivity contribution in [3.63, 3.8) is 0 Å². The second-order valence-electron chi connectivity index (χ2n) is 1.58. The van der Waals surface area contributed by atoms with Crippen molar-refractivity contribution in [2.24, 2.45) is 0 Å². The quantitative estimate of drug-likeness (QED) is 0.477. The Morgan fingerprint density at radius 1 is 0.875 bits per heavy atom. The van der Waals surface area contributed by atoms with E-state index in [2.05, 4.69) is 0 Å². The second kappa shape index (κ2) is 46.2. The highest BCUT2D eigenvalue weighted by molar-refractivity contribution is 4.21. The van der Waals surface area contributed by atoms with Gasteiger partial charge in [0.05, 0.1) is 0 Å². The maximum Gasteiger partial charge on any atom is 0.157 e. The summed E-state index contributed by atoms with van der Waals surface area (Å²) in [5, 5.41) is 0. The molecule has 112 valence electrons. The van der Waals surface area contributed by atoms with E-state index in [9.17, 15) is 0 Å². The third kappa shape index (κ3) is 48.6. The van der Waals surface area contributed by atoms with Gasteiger partial charge in [0, 0.05) is 13.7 Å². The molecule has 0 spiro atoms. The zero-order chi connectivity index (χ0) is 7.11. The van der Waals surface area contributed by atoms with Crippen molar-refractivity contribution in [1.82, 2.24) is 0 Å². The van der Waals surface area contributed by atoms with Crippen LogP contribution in [0.25, 0.3) is 0 Å². The molecule has 1 unspecified atom stereocenters. The smallest absolute Gasteiger partial charge is 0.157 e. The Labute approximate surface area is 108 Å². The summed E-state index contributed by atoms with van der Waals surface area (Å²) in [5.41, 5.74) is 0. The molecule has 0 amide bonds. The van der Waals surface area contributed by atoms with Crippen molar-refractivity contribution in [3.05, 3.63) is 0 Å². The number of hydrogen-bond donors (Lipinski definition) is 0. The van der Waals surface area contributed by atoms with E-state index in [4.69, 9.17) is 14.2 Å². The number of ether oxygens (including phenoxy) is 3. The van der Waals surface area contributed by atoms with Crippen LogP contribution in [0.3, 0.4) is 0 Å². The highest BCUT2D eigenvalue weighted by atomic mass is 16.7. The van der Waals surface area contributed by atoms with Crippen molar-refractivity contribution >= 4 is 0 Å². The first-order chi connectivity index (χ1) is 4.31. The Kier molecular flexibility index (Phi) is 163. The maximum atomic E-state index is 4.99. The molecular formula is C13H42O3. The molecule has 0 aliphatic rings. The molecule has 16 heavy (non-hydrogen) atoms. The van der Waals surface area contributed by atoms with Gasteiger partial charge in [0.25, 0.3) is 0 Å². The predicted octanol–water partition coefficient (Wildman–Crippen LogP) is 5.44. The van der Waals surface area contributed by atoms with Crippen LogP contribution >= 0.6 is 0 Å². The molecule has 1 atom stereocenters. The maximum absolute atomic E-state index is 4.99. The summed E-state index contributed by atoms with van der Waals surface area (Å²) < 4.78 is 14.7. The Balaban J connectivity index is -0.0000000152. The predicted molar refractivity (Wildman–Crippen MR) is 81.2 cm³/mol. The van der Waals surface area contributed by atoms with E-state index in [1.807, 2.05) is 13.8 Å². The Morgan fingerprint density at radius 2 is 1.25 bits per heavy atom. The first-order valence-electron chi connectivity index (χ1n) is 3.03. The van der Waals surface area contributed by atoms with E-state index in [1.165, 1.54) is 0 Å². The van der Waals surface area contributed by atoms with E-state index in [0.29, 0.717) is 13.4 Å². The summed E-state index contributed by atoms with van der Waals surface area (Å²) in [6.45, 7) is 4.72. The van der Waals surface area contributed by atoms with Gasteiger partial charge in [0.2, 0.25) is 0 Å². The normalized spacial score (nSPS) is 7.69. The highest BCUT2D eigenvalue weighted by Gasteiger charge is 1.95. The highest BCUT2D eigenvalue weighted by Crippen LogP contribution is 1.89. The first-order valence-corrected chi connectivity index (χ1v) is 3.03. The van der Waals surface area contributed by atoms with Crippen LogP contribution in [0.2, 0.25) is 0 Å². The topological polar surface area (TPSA) is 27.7 Å². The van der Waals surface area contributed by atoms with Gasteiger partial charge in [-0.15, -0.1) is 0 Å². The van der Waals surface area contributed by atoms with Crippen molar-refractivity contribution < 1.29 is 14.2 Å². The summed E-state index contributed by atoms with van der Waals surface area (Å²) in [7, 11) is 1.59. The van der Waals surface area contributed by atoms with Crippen molar-refractivity contribution in [2.45, 2.75) is 72.1 Å². The zero-order valence-corrected chi connectivity index (χ0v) is 6.22. The molecule has 3 nitrogen and oxygen atoms in total. The van der Waals surface area contributed by atoms with Gasteiger partial charge in [-0.3, -0.25) is 0 Å². The monoisotopic (exact) mass is 246 g/mol. The van der Waals surface area contributed by atoms with Gasteiger partial charge in [-0.25, -0.2) is 0 Å². The molecule has 0 rings (SSSR count). The van der Waals surface area contributed by atoms with Crippen LogP contribution in [0.4, 0.5) is 0 Å². The molecule has 3 heteroatoms. The van der Waals surface area contributed by atoms with Gasteiger partial charge in [-0.1, -0.05) is 52.0 Å².